The Kier molecular flexibility index (Phi) is 7.81. The zero-order valence-corrected chi connectivity index (χ0v) is 16.2. The Balaban J connectivity index is 1.79. The molecular weight excluding hydrogens is 402 g/mol. The number of carbonyl (C=O) groups excluding carboxylic acids is 2. The van der Waals surface area contributed by atoms with Crippen molar-refractivity contribution in [2.45, 2.75) is 18.2 Å². The van der Waals surface area contributed by atoms with Crippen LogP contribution in [0.1, 0.15) is 13.3 Å². The fourth-order valence-corrected chi connectivity index (χ4v) is 3.14. The lowest BCUT2D eigenvalue weighted by molar-refractivity contribution is -0.115. The van der Waals surface area contributed by atoms with Gasteiger partial charge in [0, 0.05) is 39.5 Å². The predicted molar refractivity (Wildman–Crippen MR) is 107 cm³/mol. The van der Waals surface area contributed by atoms with E-state index in [0.29, 0.717) is 30.1 Å². The van der Waals surface area contributed by atoms with Gasteiger partial charge in [-0.1, -0.05) is 22.0 Å². The maximum absolute atomic E-state index is 12.1. The third-order valence-electron chi connectivity index (χ3n) is 3.15. The topological polar surface area (TPSA) is 70.2 Å². The van der Waals surface area contributed by atoms with Gasteiger partial charge in [-0.25, -0.2) is 4.79 Å². The van der Waals surface area contributed by atoms with Crippen LogP contribution in [0, 0.1) is 0 Å². The Hall–Kier alpha value is -1.99. The van der Waals surface area contributed by atoms with E-state index in [2.05, 4.69) is 31.9 Å². The maximum atomic E-state index is 12.1. The second-order valence-corrected chi connectivity index (χ2v) is 7.25. The Bertz CT molecular complexity index is 723. The first-order chi connectivity index (χ1) is 12.1. The van der Waals surface area contributed by atoms with Crippen molar-refractivity contribution in [3.05, 3.63) is 53.0 Å². The highest BCUT2D eigenvalue weighted by molar-refractivity contribution is 9.10. The van der Waals surface area contributed by atoms with Crippen LogP contribution in [0.2, 0.25) is 0 Å². The molecule has 0 unspecified atom stereocenters. The van der Waals surface area contributed by atoms with E-state index in [1.807, 2.05) is 31.2 Å². The van der Waals surface area contributed by atoms with E-state index in [9.17, 15) is 9.59 Å². The number of benzene rings is 2. The molecule has 0 heterocycles. The first kappa shape index (κ1) is 19.3. The fraction of sp³-hybridized carbons (Fsp3) is 0.222. The number of urea groups is 1. The van der Waals surface area contributed by atoms with Crippen molar-refractivity contribution < 1.29 is 9.59 Å². The van der Waals surface area contributed by atoms with Crippen LogP contribution in [0.5, 0.6) is 0 Å². The lowest BCUT2D eigenvalue weighted by Gasteiger charge is -2.09. The summed E-state index contributed by atoms with van der Waals surface area (Å²) in [5, 5.41) is 8.23. The summed E-state index contributed by atoms with van der Waals surface area (Å²) in [5.41, 5.74) is 1.29. The van der Waals surface area contributed by atoms with Crippen molar-refractivity contribution >= 4 is 51.0 Å². The Morgan fingerprint density at radius 3 is 2.40 bits per heavy atom. The number of amides is 3. The minimum atomic E-state index is -0.267. The zero-order chi connectivity index (χ0) is 18.1. The molecule has 2 aromatic rings. The summed E-state index contributed by atoms with van der Waals surface area (Å²) in [6.07, 6.45) is 0.411. The molecule has 0 saturated heterocycles. The number of halogens is 1. The summed E-state index contributed by atoms with van der Waals surface area (Å²) >= 11 is 5.04. The quantitative estimate of drug-likeness (QED) is 0.566. The maximum Gasteiger partial charge on any atom is 0.319 e. The minimum absolute atomic E-state index is 0.0558. The molecule has 3 amide bonds. The third kappa shape index (κ3) is 7.19. The average Bonchev–Trinajstić information content (AvgIpc) is 2.57. The molecule has 0 saturated carbocycles. The van der Waals surface area contributed by atoms with E-state index in [1.54, 1.807) is 36.0 Å². The summed E-state index contributed by atoms with van der Waals surface area (Å²) in [7, 11) is 0. The summed E-state index contributed by atoms with van der Waals surface area (Å²) in [4.78, 5) is 24.7. The molecule has 0 aliphatic rings. The number of hydrogen-bond donors (Lipinski definition) is 3. The van der Waals surface area contributed by atoms with E-state index in [4.69, 9.17) is 0 Å². The number of nitrogens with one attached hydrogen (secondary N) is 3. The molecule has 0 atom stereocenters. The summed E-state index contributed by atoms with van der Waals surface area (Å²) in [6.45, 7) is 2.40. The van der Waals surface area contributed by atoms with Gasteiger partial charge in [-0.05, 0) is 49.4 Å². The highest BCUT2D eigenvalue weighted by Gasteiger charge is 2.05. The summed E-state index contributed by atoms with van der Waals surface area (Å²) < 4.78 is 1.04. The molecule has 0 aromatic heterocycles. The van der Waals surface area contributed by atoms with Gasteiger partial charge in [0.25, 0.3) is 0 Å². The molecule has 0 radical (unpaired) electrons. The van der Waals surface area contributed by atoms with Crippen molar-refractivity contribution in [2.24, 2.45) is 0 Å². The molecule has 7 heteroatoms. The van der Waals surface area contributed by atoms with Gasteiger partial charge >= 0.3 is 6.03 Å². The number of anilines is 2. The van der Waals surface area contributed by atoms with Gasteiger partial charge in [0.1, 0.15) is 0 Å². The first-order valence-electron chi connectivity index (χ1n) is 7.90. The lowest BCUT2D eigenvalue weighted by Crippen LogP contribution is -2.28. The number of hydrogen-bond acceptors (Lipinski definition) is 3. The SMILES string of the molecule is CCNC(=O)Nc1cccc(NC(=O)CCSc2ccc(Br)cc2)c1. The molecular formula is C18H20BrN3O2S. The molecule has 5 nitrogen and oxygen atoms in total. The van der Waals surface area contributed by atoms with Gasteiger partial charge < -0.3 is 16.0 Å². The predicted octanol–water partition coefficient (Wildman–Crippen LogP) is 4.71. The molecule has 0 bridgehead atoms. The van der Waals surface area contributed by atoms with Crippen LogP contribution in [0.25, 0.3) is 0 Å². The van der Waals surface area contributed by atoms with Crippen molar-refractivity contribution in [1.82, 2.24) is 5.32 Å². The highest BCUT2D eigenvalue weighted by atomic mass is 79.9. The van der Waals surface area contributed by atoms with E-state index in [-0.39, 0.29) is 11.9 Å². The van der Waals surface area contributed by atoms with Crippen LogP contribution in [0.3, 0.4) is 0 Å². The van der Waals surface area contributed by atoms with Gasteiger partial charge in [0.05, 0.1) is 0 Å². The van der Waals surface area contributed by atoms with Crippen LogP contribution >= 0.6 is 27.7 Å². The van der Waals surface area contributed by atoms with Crippen LogP contribution in [-0.2, 0) is 4.79 Å². The molecule has 0 aliphatic carbocycles. The zero-order valence-electron chi connectivity index (χ0n) is 13.8. The van der Waals surface area contributed by atoms with Crippen molar-refractivity contribution in [3.8, 4) is 0 Å². The largest absolute Gasteiger partial charge is 0.338 e. The number of carbonyl (C=O) groups is 2. The van der Waals surface area contributed by atoms with E-state index in [1.165, 1.54) is 0 Å². The molecule has 2 aromatic carbocycles. The van der Waals surface area contributed by atoms with Gasteiger partial charge in [0.15, 0.2) is 0 Å². The summed E-state index contributed by atoms with van der Waals surface area (Å²) in [6, 6.07) is 14.8. The minimum Gasteiger partial charge on any atom is -0.338 e. The van der Waals surface area contributed by atoms with Crippen LogP contribution in [-0.4, -0.2) is 24.2 Å². The van der Waals surface area contributed by atoms with Crippen LogP contribution < -0.4 is 16.0 Å². The van der Waals surface area contributed by atoms with Gasteiger partial charge in [-0.3, -0.25) is 4.79 Å². The molecule has 0 aliphatic heterocycles. The lowest BCUT2D eigenvalue weighted by atomic mass is 10.2. The van der Waals surface area contributed by atoms with Crippen molar-refractivity contribution in [1.29, 1.82) is 0 Å². The molecule has 0 fully saturated rings. The molecule has 3 N–H and O–H groups in total. The Morgan fingerprint density at radius 2 is 1.72 bits per heavy atom. The number of thioether (sulfide) groups is 1. The van der Waals surface area contributed by atoms with Gasteiger partial charge in [-0.2, -0.15) is 0 Å². The second-order valence-electron chi connectivity index (χ2n) is 5.17. The molecule has 132 valence electrons. The standard InChI is InChI=1S/C18H20BrN3O2S/c1-2-20-18(24)22-15-5-3-4-14(12-15)21-17(23)10-11-25-16-8-6-13(19)7-9-16/h3-9,12H,2,10-11H2,1H3,(H,21,23)(H2,20,22,24). The van der Waals surface area contributed by atoms with Crippen molar-refractivity contribution in [3.63, 3.8) is 0 Å². The Morgan fingerprint density at radius 1 is 1.04 bits per heavy atom. The number of rotatable bonds is 7. The normalized spacial score (nSPS) is 10.2. The average molecular weight is 422 g/mol. The van der Waals surface area contributed by atoms with Crippen molar-refractivity contribution in [2.75, 3.05) is 22.9 Å². The highest BCUT2D eigenvalue weighted by Crippen LogP contribution is 2.21. The van der Waals surface area contributed by atoms with E-state index < -0.39 is 0 Å². The van der Waals surface area contributed by atoms with E-state index >= 15 is 0 Å². The fourth-order valence-electron chi connectivity index (χ4n) is 2.03. The van der Waals surface area contributed by atoms with Crippen LogP contribution in [0.15, 0.2) is 57.9 Å². The second kappa shape index (κ2) is 10.1. The van der Waals surface area contributed by atoms with Crippen LogP contribution in [0.4, 0.5) is 16.2 Å². The van der Waals surface area contributed by atoms with Gasteiger partial charge in [-0.15, -0.1) is 11.8 Å². The third-order valence-corrected chi connectivity index (χ3v) is 4.70. The molecule has 25 heavy (non-hydrogen) atoms. The molecule has 2 rings (SSSR count). The van der Waals surface area contributed by atoms with E-state index in [0.717, 1.165) is 9.37 Å². The Labute approximate surface area is 160 Å². The first-order valence-corrected chi connectivity index (χ1v) is 9.68. The summed E-state index contributed by atoms with van der Waals surface area (Å²) in [5.74, 6) is 0.643. The molecule has 0 spiro atoms. The monoisotopic (exact) mass is 421 g/mol. The smallest absolute Gasteiger partial charge is 0.319 e. The van der Waals surface area contributed by atoms with Gasteiger partial charge in [0.2, 0.25) is 5.91 Å².